The molecule has 32 heavy (non-hydrogen) atoms. The van der Waals surface area contributed by atoms with Crippen molar-refractivity contribution in [2.75, 3.05) is 18.0 Å². The van der Waals surface area contributed by atoms with Crippen molar-refractivity contribution >= 4 is 17.1 Å². The summed E-state index contributed by atoms with van der Waals surface area (Å²) in [6, 6.07) is 15.1. The SMILES string of the molecule is C=C(C1CN(C(C)C)C1)N(Cc1ccc(C2=NN=C(C(F)F)C2)cc1F)c1ccccc1. The molecule has 1 saturated heterocycles. The molecule has 7 heteroatoms. The third kappa shape index (κ3) is 4.63. The van der Waals surface area contributed by atoms with E-state index in [9.17, 15) is 8.78 Å². The number of halogens is 3. The molecule has 0 unspecified atom stereocenters. The number of anilines is 1. The quantitative estimate of drug-likeness (QED) is 0.543. The van der Waals surface area contributed by atoms with E-state index in [0.717, 1.165) is 24.5 Å². The van der Waals surface area contributed by atoms with E-state index in [1.54, 1.807) is 12.1 Å². The predicted molar refractivity (Wildman–Crippen MR) is 123 cm³/mol. The molecule has 0 saturated carbocycles. The maximum absolute atomic E-state index is 15.1. The zero-order valence-electron chi connectivity index (χ0n) is 18.3. The van der Waals surface area contributed by atoms with Gasteiger partial charge in [0, 0.05) is 54.0 Å². The Balaban J connectivity index is 1.52. The smallest absolute Gasteiger partial charge is 0.278 e. The minimum Gasteiger partial charge on any atom is -0.341 e. The molecule has 0 atom stereocenters. The Morgan fingerprint density at radius 1 is 1.12 bits per heavy atom. The fourth-order valence-corrected chi connectivity index (χ4v) is 4.00. The van der Waals surface area contributed by atoms with Crippen LogP contribution in [0.2, 0.25) is 0 Å². The van der Waals surface area contributed by atoms with Gasteiger partial charge in [0.25, 0.3) is 6.43 Å². The molecule has 168 valence electrons. The summed E-state index contributed by atoms with van der Waals surface area (Å²) >= 11 is 0. The Bertz CT molecular complexity index is 1040. The predicted octanol–water partition coefficient (Wildman–Crippen LogP) is 5.50. The maximum atomic E-state index is 15.1. The minimum absolute atomic E-state index is 0.0581. The van der Waals surface area contributed by atoms with E-state index in [0.29, 0.717) is 35.3 Å². The number of benzene rings is 2. The topological polar surface area (TPSA) is 31.2 Å². The maximum Gasteiger partial charge on any atom is 0.278 e. The van der Waals surface area contributed by atoms with Gasteiger partial charge in [-0.2, -0.15) is 10.2 Å². The van der Waals surface area contributed by atoms with Crippen LogP contribution in [0.15, 0.2) is 71.0 Å². The molecule has 1 fully saturated rings. The molecule has 2 heterocycles. The lowest BCUT2D eigenvalue weighted by atomic mass is 9.93. The van der Waals surface area contributed by atoms with Crippen molar-refractivity contribution in [1.82, 2.24) is 4.90 Å². The number of hydrogen-bond acceptors (Lipinski definition) is 4. The zero-order chi connectivity index (χ0) is 22.8. The second-order valence-corrected chi connectivity index (χ2v) is 8.58. The molecule has 4 rings (SSSR count). The number of rotatable bonds is 8. The molecular weight excluding hydrogens is 413 g/mol. The average molecular weight is 441 g/mol. The molecule has 0 aliphatic carbocycles. The number of hydrogen-bond donors (Lipinski definition) is 0. The molecule has 2 aliphatic heterocycles. The number of para-hydroxylation sites is 1. The third-order valence-corrected chi connectivity index (χ3v) is 6.14. The van der Waals surface area contributed by atoms with Crippen LogP contribution in [-0.4, -0.2) is 41.9 Å². The summed E-state index contributed by atoms with van der Waals surface area (Å²) < 4.78 is 40.7. The fourth-order valence-electron chi connectivity index (χ4n) is 4.00. The standard InChI is InChI=1S/C25H27F3N4/c1-16(2)31-13-20(14-31)17(3)32(21-7-5-4-6-8-21)15-19-10-9-18(11-22(19)26)23-12-24(25(27)28)30-29-23/h4-11,16,20,25H,3,12-15H2,1-2H3. The van der Waals surface area contributed by atoms with E-state index in [2.05, 4.69) is 40.4 Å². The molecule has 4 nitrogen and oxygen atoms in total. The number of alkyl halides is 2. The van der Waals surface area contributed by atoms with Crippen LogP contribution in [0.3, 0.4) is 0 Å². The van der Waals surface area contributed by atoms with Gasteiger partial charge in [0.2, 0.25) is 0 Å². The highest BCUT2D eigenvalue weighted by atomic mass is 19.3. The van der Waals surface area contributed by atoms with Crippen LogP contribution >= 0.6 is 0 Å². The van der Waals surface area contributed by atoms with Crippen LogP contribution in [0, 0.1) is 11.7 Å². The van der Waals surface area contributed by atoms with Crippen molar-refractivity contribution in [3.63, 3.8) is 0 Å². The summed E-state index contributed by atoms with van der Waals surface area (Å²) in [5, 5.41) is 7.33. The van der Waals surface area contributed by atoms with E-state index >= 15 is 4.39 Å². The highest BCUT2D eigenvalue weighted by Crippen LogP contribution is 2.32. The van der Waals surface area contributed by atoms with Gasteiger partial charge >= 0.3 is 0 Å². The Kier molecular flexibility index (Phi) is 6.46. The fraction of sp³-hybridized carbons (Fsp3) is 0.360. The second kappa shape index (κ2) is 9.28. The van der Waals surface area contributed by atoms with Gasteiger partial charge in [-0.15, -0.1) is 0 Å². The first-order chi connectivity index (χ1) is 15.3. The summed E-state index contributed by atoms with van der Waals surface area (Å²) in [6.07, 6.45) is -2.71. The minimum atomic E-state index is -2.65. The first-order valence-corrected chi connectivity index (χ1v) is 10.8. The zero-order valence-corrected chi connectivity index (χ0v) is 18.3. The van der Waals surface area contributed by atoms with Gasteiger partial charge in [-0.1, -0.05) is 36.9 Å². The Hall–Kier alpha value is -2.93. The lowest BCUT2D eigenvalue weighted by molar-refractivity contribution is 0.0865. The summed E-state index contributed by atoms with van der Waals surface area (Å²) in [4.78, 5) is 4.44. The molecule has 2 aromatic rings. The Labute approximate surface area is 186 Å². The van der Waals surface area contributed by atoms with Crippen molar-refractivity contribution < 1.29 is 13.2 Å². The summed E-state index contributed by atoms with van der Waals surface area (Å²) in [6.45, 7) is 10.9. The highest BCUT2D eigenvalue weighted by molar-refractivity contribution is 6.15. The van der Waals surface area contributed by atoms with Gasteiger partial charge in [-0.25, -0.2) is 13.2 Å². The van der Waals surface area contributed by atoms with E-state index in [-0.39, 0.29) is 12.1 Å². The van der Waals surface area contributed by atoms with Gasteiger partial charge in [0.1, 0.15) is 11.5 Å². The van der Waals surface area contributed by atoms with Crippen LogP contribution in [0.1, 0.15) is 31.4 Å². The van der Waals surface area contributed by atoms with E-state index in [4.69, 9.17) is 0 Å². The number of nitrogens with zero attached hydrogens (tertiary/aromatic N) is 4. The first kappa shape index (κ1) is 22.3. The van der Waals surface area contributed by atoms with E-state index < -0.39 is 12.2 Å². The summed E-state index contributed by atoms with van der Waals surface area (Å²) in [7, 11) is 0. The van der Waals surface area contributed by atoms with E-state index in [1.807, 2.05) is 30.3 Å². The van der Waals surface area contributed by atoms with Crippen LogP contribution in [0.5, 0.6) is 0 Å². The Morgan fingerprint density at radius 3 is 2.44 bits per heavy atom. The van der Waals surface area contributed by atoms with Crippen LogP contribution in [-0.2, 0) is 6.54 Å². The highest BCUT2D eigenvalue weighted by Gasteiger charge is 2.33. The molecule has 2 aromatic carbocycles. The molecule has 0 radical (unpaired) electrons. The molecule has 0 N–H and O–H groups in total. The monoisotopic (exact) mass is 440 g/mol. The molecule has 0 aromatic heterocycles. The van der Waals surface area contributed by atoms with Crippen molar-refractivity contribution in [3.8, 4) is 0 Å². The molecule has 2 aliphatic rings. The van der Waals surface area contributed by atoms with Gasteiger partial charge in [-0.05, 0) is 32.0 Å². The largest absolute Gasteiger partial charge is 0.341 e. The van der Waals surface area contributed by atoms with Gasteiger partial charge in [0.05, 0.1) is 12.3 Å². The van der Waals surface area contributed by atoms with E-state index in [1.165, 1.54) is 6.07 Å². The van der Waals surface area contributed by atoms with Crippen LogP contribution < -0.4 is 4.90 Å². The number of likely N-dealkylation sites (tertiary alicyclic amines) is 1. The van der Waals surface area contributed by atoms with Crippen molar-refractivity contribution in [1.29, 1.82) is 0 Å². The third-order valence-electron chi connectivity index (χ3n) is 6.14. The van der Waals surface area contributed by atoms with Crippen molar-refractivity contribution in [2.45, 2.75) is 39.3 Å². The second-order valence-electron chi connectivity index (χ2n) is 8.58. The molecule has 0 bridgehead atoms. The molecule has 0 amide bonds. The Morgan fingerprint density at radius 2 is 1.84 bits per heavy atom. The van der Waals surface area contributed by atoms with Gasteiger partial charge in [-0.3, -0.25) is 4.90 Å². The van der Waals surface area contributed by atoms with Crippen molar-refractivity contribution in [3.05, 3.63) is 77.8 Å². The lowest BCUT2D eigenvalue weighted by Gasteiger charge is -2.45. The normalized spacial score (nSPS) is 16.8. The lowest BCUT2D eigenvalue weighted by Crippen LogP contribution is -2.52. The summed E-state index contributed by atoms with van der Waals surface area (Å²) in [5.41, 5.74) is 2.98. The van der Waals surface area contributed by atoms with Crippen LogP contribution in [0.25, 0.3) is 0 Å². The van der Waals surface area contributed by atoms with Crippen molar-refractivity contribution in [2.24, 2.45) is 16.1 Å². The molecule has 0 spiro atoms. The average Bonchev–Trinajstić information content (AvgIpc) is 3.22. The summed E-state index contributed by atoms with van der Waals surface area (Å²) in [5.74, 6) is -0.0838. The first-order valence-electron chi connectivity index (χ1n) is 10.8. The van der Waals surface area contributed by atoms with Crippen LogP contribution in [0.4, 0.5) is 18.9 Å². The van der Waals surface area contributed by atoms with Gasteiger partial charge < -0.3 is 4.90 Å². The van der Waals surface area contributed by atoms with Gasteiger partial charge in [0.15, 0.2) is 0 Å². The molecular formula is C25H27F3N4.